The van der Waals surface area contributed by atoms with Crippen LogP contribution in [0.1, 0.15) is 49.1 Å². The van der Waals surface area contributed by atoms with E-state index in [0.29, 0.717) is 24.6 Å². The molecule has 1 fully saturated rings. The van der Waals surface area contributed by atoms with E-state index in [1.54, 1.807) is 6.07 Å². The van der Waals surface area contributed by atoms with E-state index in [4.69, 9.17) is 4.74 Å². The van der Waals surface area contributed by atoms with Crippen LogP contribution >= 0.6 is 0 Å². The van der Waals surface area contributed by atoms with E-state index in [-0.39, 0.29) is 17.3 Å². The van der Waals surface area contributed by atoms with E-state index in [2.05, 4.69) is 5.32 Å². The lowest BCUT2D eigenvalue weighted by Gasteiger charge is -2.22. The SMILES string of the molecule is Cc1cc(=O)c(OCc2ccccc2)c(CNC(=O)C2CCCCC2)n1C. The molecule has 0 bridgehead atoms. The van der Waals surface area contributed by atoms with Crippen LogP contribution in [0.2, 0.25) is 0 Å². The molecule has 1 saturated carbocycles. The van der Waals surface area contributed by atoms with Crippen molar-refractivity contribution in [1.82, 2.24) is 9.88 Å². The van der Waals surface area contributed by atoms with Crippen LogP contribution in [0, 0.1) is 12.8 Å². The van der Waals surface area contributed by atoms with Gasteiger partial charge in [-0.2, -0.15) is 0 Å². The van der Waals surface area contributed by atoms with Gasteiger partial charge in [0.1, 0.15) is 6.61 Å². The molecule has 1 aliphatic rings. The zero-order valence-electron chi connectivity index (χ0n) is 16.2. The lowest BCUT2D eigenvalue weighted by Crippen LogP contribution is -2.33. The number of aromatic nitrogens is 1. The molecule has 27 heavy (non-hydrogen) atoms. The lowest BCUT2D eigenvalue weighted by atomic mass is 9.89. The number of nitrogens with one attached hydrogen (secondary N) is 1. The van der Waals surface area contributed by atoms with Gasteiger partial charge >= 0.3 is 0 Å². The zero-order valence-corrected chi connectivity index (χ0v) is 16.2. The Balaban J connectivity index is 1.76. The number of nitrogens with zero attached hydrogens (tertiary/aromatic N) is 1. The van der Waals surface area contributed by atoms with Gasteiger partial charge in [0.05, 0.1) is 12.2 Å². The summed E-state index contributed by atoms with van der Waals surface area (Å²) in [4.78, 5) is 25.0. The van der Waals surface area contributed by atoms with Crippen molar-refractivity contribution in [2.75, 3.05) is 0 Å². The van der Waals surface area contributed by atoms with Crippen LogP contribution in [0.4, 0.5) is 0 Å². The van der Waals surface area contributed by atoms with Gasteiger partial charge in [-0.3, -0.25) is 9.59 Å². The zero-order chi connectivity index (χ0) is 19.2. The molecular formula is C22H28N2O3. The number of ether oxygens (including phenoxy) is 1. The monoisotopic (exact) mass is 368 g/mol. The van der Waals surface area contributed by atoms with Gasteiger partial charge < -0.3 is 14.6 Å². The Morgan fingerprint density at radius 3 is 2.59 bits per heavy atom. The Labute approximate surface area is 160 Å². The van der Waals surface area contributed by atoms with Crippen LogP contribution in [-0.2, 0) is 25.0 Å². The Kier molecular flexibility index (Phi) is 6.32. The molecule has 1 heterocycles. The van der Waals surface area contributed by atoms with Gasteiger partial charge in [-0.25, -0.2) is 0 Å². The summed E-state index contributed by atoms with van der Waals surface area (Å²) in [6.45, 7) is 2.50. The summed E-state index contributed by atoms with van der Waals surface area (Å²) >= 11 is 0. The molecule has 0 saturated heterocycles. The Bertz CT molecular complexity index is 837. The van der Waals surface area contributed by atoms with Crippen molar-refractivity contribution < 1.29 is 9.53 Å². The van der Waals surface area contributed by atoms with E-state index in [0.717, 1.165) is 36.9 Å². The number of carbonyl (C=O) groups excluding carboxylic acids is 1. The Morgan fingerprint density at radius 2 is 1.89 bits per heavy atom. The fourth-order valence-electron chi connectivity index (χ4n) is 3.62. The van der Waals surface area contributed by atoms with Gasteiger partial charge in [0, 0.05) is 24.7 Å². The highest BCUT2D eigenvalue weighted by molar-refractivity contribution is 5.78. The van der Waals surface area contributed by atoms with Crippen molar-refractivity contribution in [3.63, 3.8) is 0 Å². The van der Waals surface area contributed by atoms with Crippen molar-refractivity contribution in [2.45, 2.75) is 52.2 Å². The third-order valence-electron chi connectivity index (χ3n) is 5.39. The summed E-state index contributed by atoms with van der Waals surface area (Å²) in [7, 11) is 1.90. The quantitative estimate of drug-likeness (QED) is 0.849. The van der Waals surface area contributed by atoms with E-state index >= 15 is 0 Å². The molecule has 5 heteroatoms. The number of hydrogen-bond acceptors (Lipinski definition) is 3. The molecule has 1 N–H and O–H groups in total. The smallest absolute Gasteiger partial charge is 0.224 e. The third-order valence-corrected chi connectivity index (χ3v) is 5.39. The topological polar surface area (TPSA) is 60.3 Å². The molecular weight excluding hydrogens is 340 g/mol. The first-order valence-corrected chi connectivity index (χ1v) is 9.70. The first-order chi connectivity index (χ1) is 13.1. The molecule has 1 aliphatic carbocycles. The van der Waals surface area contributed by atoms with Crippen LogP contribution in [0.25, 0.3) is 0 Å². The van der Waals surface area contributed by atoms with Crippen LogP contribution in [0.15, 0.2) is 41.2 Å². The van der Waals surface area contributed by atoms with Crippen molar-refractivity contribution in [3.8, 4) is 5.75 Å². The molecule has 1 amide bonds. The van der Waals surface area contributed by atoms with E-state index in [1.165, 1.54) is 6.42 Å². The second-order valence-electron chi connectivity index (χ2n) is 7.31. The average molecular weight is 368 g/mol. The second kappa shape index (κ2) is 8.89. The van der Waals surface area contributed by atoms with Crippen LogP contribution in [-0.4, -0.2) is 10.5 Å². The summed E-state index contributed by atoms with van der Waals surface area (Å²) in [5.74, 6) is 0.489. The van der Waals surface area contributed by atoms with Crippen LogP contribution in [0.5, 0.6) is 5.75 Å². The standard InChI is InChI=1S/C22H28N2O3/c1-16-13-20(25)21(27-15-17-9-5-3-6-10-17)19(24(16)2)14-23-22(26)18-11-7-4-8-12-18/h3,5-6,9-10,13,18H,4,7-8,11-12,14-15H2,1-2H3,(H,23,26). The number of rotatable bonds is 6. The minimum Gasteiger partial charge on any atom is -0.483 e. The summed E-state index contributed by atoms with van der Waals surface area (Å²) in [5.41, 5.74) is 2.40. The van der Waals surface area contributed by atoms with Gasteiger partial charge in [0.15, 0.2) is 5.75 Å². The fraction of sp³-hybridized carbons (Fsp3) is 0.455. The third kappa shape index (κ3) is 4.79. The van der Waals surface area contributed by atoms with Gasteiger partial charge in [0.25, 0.3) is 0 Å². The summed E-state index contributed by atoms with van der Waals surface area (Å²) in [6.07, 6.45) is 5.36. The molecule has 0 unspecified atom stereocenters. The highest BCUT2D eigenvalue weighted by atomic mass is 16.5. The summed E-state index contributed by atoms with van der Waals surface area (Å²) in [6, 6.07) is 11.3. The normalized spacial score (nSPS) is 14.7. The van der Waals surface area contributed by atoms with Gasteiger partial charge in [0.2, 0.25) is 11.3 Å². The molecule has 1 aromatic carbocycles. The van der Waals surface area contributed by atoms with Gasteiger partial charge in [-0.05, 0) is 25.3 Å². The molecule has 3 rings (SSSR count). The van der Waals surface area contributed by atoms with Crippen LogP contribution < -0.4 is 15.5 Å². The minimum absolute atomic E-state index is 0.0812. The highest BCUT2D eigenvalue weighted by Crippen LogP contribution is 2.24. The molecule has 144 valence electrons. The van der Waals surface area contributed by atoms with Crippen molar-refractivity contribution >= 4 is 5.91 Å². The number of aryl methyl sites for hydroxylation is 1. The first kappa shape index (κ1) is 19.2. The molecule has 0 atom stereocenters. The van der Waals surface area contributed by atoms with E-state index in [1.807, 2.05) is 48.9 Å². The minimum atomic E-state index is -0.150. The fourth-order valence-corrected chi connectivity index (χ4v) is 3.62. The van der Waals surface area contributed by atoms with Gasteiger partial charge in [-0.1, -0.05) is 49.6 Å². The van der Waals surface area contributed by atoms with Crippen molar-refractivity contribution in [2.24, 2.45) is 13.0 Å². The average Bonchev–Trinajstić information content (AvgIpc) is 2.70. The predicted molar refractivity (Wildman–Crippen MR) is 106 cm³/mol. The number of benzene rings is 1. The number of hydrogen-bond donors (Lipinski definition) is 1. The maximum atomic E-state index is 12.5. The Hall–Kier alpha value is -2.56. The van der Waals surface area contributed by atoms with Gasteiger partial charge in [-0.15, -0.1) is 0 Å². The molecule has 5 nitrogen and oxygen atoms in total. The van der Waals surface area contributed by atoms with Crippen molar-refractivity contribution in [1.29, 1.82) is 0 Å². The molecule has 0 spiro atoms. The molecule has 0 radical (unpaired) electrons. The first-order valence-electron chi connectivity index (χ1n) is 9.70. The highest BCUT2D eigenvalue weighted by Gasteiger charge is 2.22. The molecule has 0 aliphatic heterocycles. The largest absolute Gasteiger partial charge is 0.483 e. The molecule has 2 aromatic rings. The molecule has 1 aromatic heterocycles. The lowest BCUT2D eigenvalue weighted by molar-refractivity contribution is -0.126. The predicted octanol–water partition coefficient (Wildman–Crippen LogP) is 3.47. The maximum absolute atomic E-state index is 12.5. The van der Waals surface area contributed by atoms with E-state index in [9.17, 15) is 9.59 Å². The van der Waals surface area contributed by atoms with Crippen molar-refractivity contribution in [3.05, 3.63) is 63.6 Å². The Morgan fingerprint density at radius 1 is 1.19 bits per heavy atom. The van der Waals surface area contributed by atoms with E-state index < -0.39 is 0 Å². The second-order valence-corrected chi connectivity index (χ2v) is 7.31. The number of amides is 1. The summed E-state index contributed by atoms with van der Waals surface area (Å²) in [5, 5.41) is 3.02. The van der Waals surface area contributed by atoms with Crippen LogP contribution in [0.3, 0.4) is 0 Å². The summed E-state index contributed by atoms with van der Waals surface area (Å²) < 4.78 is 7.80. The maximum Gasteiger partial charge on any atom is 0.224 e. The number of carbonyl (C=O) groups is 1. The number of pyridine rings is 1.